The molecule has 0 spiro atoms. The highest BCUT2D eigenvalue weighted by Gasteiger charge is 2.24. The Morgan fingerprint density at radius 1 is 1.38 bits per heavy atom. The van der Waals surface area contributed by atoms with Gasteiger partial charge in [-0.1, -0.05) is 17.7 Å². The number of benzene rings is 1. The van der Waals surface area contributed by atoms with Crippen LogP contribution in [0, 0.1) is 6.92 Å². The van der Waals surface area contributed by atoms with Crippen molar-refractivity contribution in [3.8, 4) is 0 Å². The van der Waals surface area contributed by atoms with Crippen LogP contribution in [0.2, 0.25) is 5.02 Å². The molecule has 114 valence electrons. The lowest BCUT2D eigenvalue weighted by Gasteiger charge is -2.19. The molecule has 0 atom stereocenters. The normalized spacial score (nSPS) is 12.0. The number of hydrogen-bond acceptors (Lipinski definition) is 4. The van der Waals surface area contributed by atoms with Gasteiger partial charge in [-0.25, -0.2) is 12.7 Å². The number of sulfonamides is 1. The zero-order chi connectivity index (χ0) is 15.6. The van der Waals surface area contributed by atoms with Crippen molar-refractivity contribution in [1.29, 1.82) is 0 Å². The molecule has 7 heteroatoms. The molecule has 0 amide bonds. The standard InChI is InChI=1S/C14H17ClN2O2S2/c1-10-13(16)8-11(15)9-14(10)21(18,19)17(2)6-5-12-4-3-7-20-12/h3-4,7-9H,5-6,16H2,1-2H3. The van der Waals surface area contributed by atoms with Gasteiger partial charge in [0.15, 0.2) is 0 Å². The van der Waals surface area contributed by atoms with Crippen LogP contribution in [0.25, 0.3) is 0 Å². The highest BCUT2D eigenvalue weighted by molar-refractivity contribution is 7.89. The third-order valence-corrected chi connectivity index (χ3v) is 6.44. The smallest absolute Gasteiger partial charge is 0.243 e. The van der Waals surface area contributed by atoms with Crippen LogP contribution in [0.1, 0.15) is 10.4 Å². The number of halogens is 1. The zero-order valence-corrected chi connectivity index (χ0v) is 14.2. The Bertz CT molecular complexity index is 728. The van der Waals surface area contributed by atoms with Gasteiger partial charge in [0.05, 0.1) is 4.90 Å². The second kappa shape index (κ2) is 6.36. The van der Waals surface area contributed by atoms with Crippen LogP contribution in [0.15, 0.2) is 34.5 Å². The fourth-order valence-corrected chi connectivity index (χ4v) is 4.39. The van der Waals surface area contributed by atoms with Crippen LogP contribution in [-0.4, -0.2) is 26.3 Å². The van der Waals surface area contributed by atoms with E-state index in [0.29, 0.717) is 29.2 Å². The Hall–Kier alpha value is -1.08. The lowest BCUT2D eigenvalue weighted by atomic mass is 10.2. The van der Waals surface area contributed by atoms with E-state index in [1.54, 1.807) is 31.4 Å². The maximum Gasteiger partial charge on any atom is 0.243 e. The summed E-state index contributed by atoms with van der Waals surface area (Å²) in [4.78, 5) is 1.32. The quantitative estimate of drug-likeness (QED) is 0.847. The third kappa shape index (κ3) is 3.58. The molecule has 21 heavy (non-hydrogen) atoms. The molecule has 1 heterocycles. The molecule has 1 aromatic heterocycles. The average Bonchev–Trinajstić information content (AvgIpc) is 2.93. The van der Waals surface area contributed by atoms with E-state index in [1.165, 1.54) is 10.4 Å². The van der Waals surface area contributed by atoms with Crippen LogP contribution in [0.5, 0.6) is 0 Å². The van der Waals surface area contributed by atoms with Crippen molar-refractivity contribution in [1.82, 2.24) is 4.31 Å². The fraction of sp³-hybridized carbons (Fsp3) is 0.286. The second-order valence-corrected chi connectivity index (χ2v) is 8.26. The Labute approximate surface area is 134 Å². The highest BCUT2D eigenvalue weighted by atomic mass is 35.5. The SMILES string of the molecule is Cc1c(N)cc(Cl)cc1S(=O)(=O)N(C)CCc1cccs1. The molecule has 2 aromatic rings. The van der Waals surface area contributed by atoms with E-state index < -0.39 is 10.0 Å². The maximum absolute atomic E-state index is 12.6. The molecule has 0 aliphatic carbocycles. The van der Waals surface area contributed by atoms with E-state index in [-0.39, 0.29) is 4.90 Å². The van der Waals surface area contributed by atoms with Crippen molar-refractivity contribution in [3.63, 3.8) is 0 Å². The summed E-state index contributed by atoms with van der Waals surface area (Å²) in [6, 6.07) is 6.95. The molecule has 1 aromatic carbocycles. The van der Waals surface area contributed by atoms with Crippen LogP contribution in [0.3, 0.4) is 0 Å². The monoisotopic (exact) mass is 344 g/mol. The molecule has 4 nitrogen and oxygen atoms in total. The number of rotatable bonds is 5. The first-order valence-electron chi connectivity index (χ1n) is 6.36. The van der Waals surface area contributed by atoms with Gasteiger partial charge in [0.25, 0.3) is 0 Å². The van der Waals surface area contributed by atoms with Gasteiger partial charge >= 0.3 is 0 Å². The van der Waals surface area contributed by atoms with Crippen LogP contribution in [0.4, 0.5) is 5.69 Å². The van der Waals surface area contributed by atoms with Crippen LogP contribution < -0.4 is 5.73 Å². The highest BCUT2D eigenvalue weighted by Crippen LogP contribution is 2.28. The van der Waals surface area contributed by atoms with Crippen molar-refractivity contribution in [3.05, 3.63) is 45.1 Å². The van der Waals surface area contributed by atoms with E-state index in [9.17, 15) is 8.42 Å². The summed E-state index contributed by atoms with van der Waals surface area (Å²) in [6.45, 7) is 2.10. The van der Waals surface area contributed by atoms with Gasteiger partial charge in [0.1, 0.15) is 0 Å². The minimum atomic E-state index is -3.59. The Morgan fingerprint density at radius 2 is 2.10 bits per heavy atom. The first-order chi connectivity index (χ1) is 9.82. The molecule has 0 saturated heterocycles. The van der Waals surface area contributed by atoms with Gasteiger partial charge in [0.2, 0.25) is 10.0 Å². The molecule has 0 fully saturated rings. The molecule has 0 aliphatic heterocycles. The summed E-state index contributed by atoms with van der Waals surface area (Å²) in [5.41, 5.74) is 6.72. The third-order valence-electron chi connectivity index (χ3n) is 3.31. The summed E-state index contributed by atoms with van der Waals surface area (Å²) in [6.07, 6.45) is 0.683. The summed E-state index contributed by atoms with van der Waals surface area (Å²) in [5.74, 6) is 0. The van der Waals surface area contributed by atoms with Crippen LogP contribution >= 0.6 is 22.9 Å². The van der Waals surface area contributed by atoms with Crippen molar-refractivity contribution in [2.75, 3.05) is 19.3 Å². The molecular weight excluding hydrogens is 328 g/mol. The number of likely N-dealkylation sites (N-methyl/N-ethyl adjacent to an activating group) is 1. The molecular formula is C14H17ClN2O2S2. The number of anilines is 1. The maximum atomic E-state index is 12.6. The predicted octanol–water partition coefficient (Wildman–Crippen LogP) is 3.16. The topological polar surface area (TPSA) is 63.4 Å². The summed E-state index contributed by atoms with van der Waals surface area (Å²) in [7, 11) is -2.03. The Morgan fingerprint density at radius 3 is 2.71 bits per heavy atom. The summed E-state index contributed by atoms with van der Waals surface area (Å²) in [5, 5.41) is 2.30. The van der Waals surface area contributed by atoms with Crippen molar-refractivity contribution in [2.24, 2.45) is 0 Å². The van der Waals surface area contributed by atoms with Crippen LogP contribution in [-0.2, 0) is 16.4 Å². The second-order valence-electron chi connectivity index (χ2n) is 4.77. The van der Waals surface area contributed by atoms with E-state index in [2.05, 4.69) is 0 Å². The lowest BCUT2D eigenvalue weighted by Crippen LogP contribution is -2.29. The molecule has 0 saturated carbocycles. The Kier molecular flexibility index (Phi) is 4.93. The minimum absolute atomic E-state index is 0.168. The van der Waals surface area contributed by atoms with E-state index in [0.717, 1.165) is 4.88 Å². The van der Waals surface area contributed by atoms with E-state index in [4.69, 9.17) is 17.3 Å². The summed E-state index contributed by atoms with van der Waals surface area (Å²) < 4.78 is 26.6. The molecule has 2 rings (SSSR count). The first kappa shape index (κ1) is 16.3. The number of nitrogens with two attached hydrogens (primary N) is 1. The van der Waals surface area contributed by atoms with Crippen molar-refractivity contribution in [2.45, 2.75) is 18.2 Å². The largest absolute Gasteiger partial charge is 0.398 e. The van der Waals surface area contributed by atoms with Gasteiger partial charge in [-0.3, -0.25) is 0 Å². The molecule has 0 radical (unpaired) electrons. The van der Waals surface area contributed by atoms with Gasteiger partial charge in [-0.2, -0.15) is 0 Å². The minimum Gasteiger partial charge on any atom is -0.398 e. The Balaban J connectivity index is 2.25. The predicted molar refractivity (Wildman–Crippen MR) is 88.4 cm³/mol. The van der Waals surface area contributed by atoms with Gasteiger partial charge in [-0.15, -0.1) is 11.3 Å². The number of nitrogens with zero attached hydrogens (tertiary/aromatic N) is 1. The lowest BCUT2D eigenvalue weighted by molar-refractivity contribution is 0.473. The summed E-state index contributed by atoms with van der Waals surface area (Å²) >= 11 is 7.55. The molecule has 0 bridgehead atoms. The zero-order valence-electron chi connectivity index (χ0n) is 11.8. The first-order valence-corrected chi connectivity index (χ1v) is 9.06. The fourth-order valence-electron chi connectivity index (χ4n) is 1.95. The number of nitrogen functional groups attached to an aromatic ring is 1. The van der Waals surface area contributed by atoms with Crippen molar-refractivity contribution < 1.29 is 8.42 Å². The molecule has 0 unspecified atom stereocenters. The number of thiophene rings is 1. The van der Waals surface area contributed by atoms with E-state index in [1.807, 2.05) is 17.5 Å². The van der Waals surface area contributed by atoms with Gasteiger partial charge < -0.3 is 5.73 Å². The van der Waals surface area contributed by atoms with Gasteiger partial charge in [0, 0.05) is 29.2 Å². The number of hydrogen-bond donors (Lipinski definition) is 1. The molecule has 2 N–H and O–H groups in total. The van der Waals surface area contributed by atoms with E-state index >= 15 is 0 Å². The average molecular weight is 345 g/mol. The molecule has 0 aliphatic rings. The van der Waals surface area contributed by atoms with Gasteiger partial charge in [-0.05, 0) is 42.5 Å². The van der Waals surface area contributed by atoms with Crippen molar-refractivity contribution >= 4 is 38.6 Å².